The van der Waals surface area contributed by atoms with E-state index in [1.807, 2.05) is 6.08 Å². The Hall–Kier alpha value is -0.520. The van der Waals surface area contributed by atoms with Crippen molar-refractivity contribution in [3.05, 3.63) is 23.8 Å². The van der Waals surface area contributed by atoms with E-state index in [-0.39, 0.29) is 0 Å². The third kappa shape index (κ3) is 2.50. The molecule has 0 saturated carbocycles. The zero-order valence-corrected chi connectivity index (χ0v) is 6.86. The van der Waals surface area contributed by atoms with Crippen molar-refractivity contribution in [2.24, 2.45) is 5.92 Å². The van der Waals surface area contributed by atoms with E-state index in [2.05, 4.69) is 34.3 Å². The predicted molar refractivity (Wildman–Crippen MR) is 43.4 cm³/mol. The fraction of sp³-hybridized carbons (Fsp3) is 0.556. The average molecular weight is 124 g/mol. The van der Waals surface area contributed by atoms with Crippen LogP contribution in [0.1, 0.15) is 27.7 Å². The zero-order chi connectivity index (χ0) is 7.44. The van der Waals surface area contributed by atoms with Gasteiger partial charge in [-0.15, -0.1) is 0 Å². The molecule has 0 aliphatic heterocycles. The number of rotatable bonds is 2. The summed E-state index contributed by atoms with van der Waals surface area (Å²) in [6.07, 6.45) is 1.94. The van der Waals surface area contributed by atoms with Gasteiger partial charge in [0.1, 0.15) is 0 Å². The molecule has 0 saturated heterocycles. The molecule has 0 radical (unpaired) electrons. The molecule has 0 atom stereocenters. The summed E-state index contributed by atoms with van der Waals surface area (Å²) in [4.78, 5) is 0. The van der Waals surface area contributed by atoms with Gasteiger partial charge in [-0.1, -0.05) is 32.1 Å². The second kappa shape index (κ2) is 3.49. The van der Waals surface area contributed by atoms with Crippen LogP contribution in [0.2, 0.25) is 0 Å². The van der Waals surface area contributed by atoms with Crippen molar-refractivity contribution in [3.63, 3.8) is 0 Å². The molecule has 0 aromatic carbocycles. The summed E-state index contributed by atoms with van der Waals surface area (Å²) in [7, 11) is 0. The molecule has 0 bridgehead atoms. The van der Waals surface area contributed by atoms with Crippen molar-refractivity contribution in [3.8, 4) is 0 Å². The molecule has 0 aromatic heterocycles. The Morgan fingerprint density at radius 3 is 1.78 bits per heavy atom. The lowest BCUT2D eigenvalue weighted by atomic mass is 9.99. The van der Waals surface area contributed by atoms with Crippen molar-refractivity contribution in [1.82, 2.24) is 0 Å². The predicted octanol–water partition coefficient (Wildman–Crippen LogP) is 3.16. The lowest BCUT2D eigenvalue weighted by Gasteiger charge is -2.07. The molecule has 0 nitrogen and oxygen atoms in total. The third-order valence-corrected chi connectivity index (χ3v) is 1.42. The van der Waals surface area contributed by atoms with Gasteiger partial charge in [0, 0.05) is 0 Å². The van der Waals surface area contributed by atoms with E-state index in [4.69, 9.17) is 0 Å². The van der Waals surface area contributed by atoms with Gasteiger partial charge < -0.3 is 0 Å². The lowest BCUT2D eigenvalue weighted by molar-refractivity contribution is 0.780. The van der Waals surface area contributed by atoms with E-state index in [9.17, 15) is 0 Å². The summed E-state index contributed by atoms with van der Waals surface area (Å²) in [5, 5.41) is 0. The number of allylic oxidation sites excluding steroid dienone is 3. The van der Waals surface area contributed by atoms with Gasteiger partial charge in [0.2, 0.25) is 0 Å². The first-order chi connectivity index (χ1) is 4.09. The zero-order valence-electron chi connectivity index (χ0n) is 6.86. The molecule has 0 heteroatoms. The quantitative estimate of drug-likeness (QED) is 0.496. The van der Waals surface area contributed by atoms with Gasteiger partial charge in [-0.25, -0.2) is 0 Å². The van der Waals surface area contributed by atoms with Crippen LogP contribution in [-0.2, 0) is 0 Å². The largest absolute Gasteiger partial charge is 0.0988 e. The standard InChI is InChI=1S/C9H16/c1-6-9(7(2)3)8(4)5/h6-7H,1H2,2-5H3. The van der Waals surface area contributed by atoms with Crippen LogP contribution < -0.4 is 0 Å². The van der Waals surface area contributed by atoms with E-state index in [0.717, 1.165) is 0 Å². The molecule has 0 spiro atoms. The maximum atomic E-state index is 3.75. The van der Waals surface area contributed by atoms with Crippen LogP contribution in [0.3, 0.4) is 0 Å². The molecule has 0 rings (SSSR count). The van der Waals surface area contributed by atoms with E-state index in [1.54, 1.807) is 0 Å². The first kappa shape index (κ1) is 8.48. The van der Waals surface area contributed by atoms with Crippen LogP contribution in [0.15, 0.2) is 23.8 Å². The summed E-state index contributed by atoms with van der Waals surface area (Å²) >= 11 is 0. The second-order valence-electron chi connectivity index (χ2n) is 2.81. The molecule has 9 heavy (non-hydrogen) atoms. The first-order valence-corrected chi connectivity index (χ1v) is 3.39. The lowest BCUT2D eigenvalue weighted by Crippen LogP contribution is -1.91. The minimum atomic E-state index is 0.618. The average Bonchev–Trinajstić information content (AvgIpc) is 1.64. The van der Waals surface area contributed by atoms with Crippen LogP contribution in [0.25, 0.3) is 0 Å². The Labute approximate surface area is 58.3 Å². The van der Waals surface area contributed by atoms with Gasteiger partial charge >= 0.3 is 0 Å². The second-order valence-corrected chi connectivity index (χ2v) is 2.81. The maximum Gasteiger partial charge on any atom is -0.0220 e. The Kier molecular flexibility index (Phi) is 3.29. The third-order valence-electron chi connectivity index (χ3n) is 1.42. The highest BCUT2D eigenvalue weighted by atomic mass is 14.0. The van der Waals surface area contributed by atoms with Crippen molar-refractivity contribution in [2.45, 2.75) is 27.7 Å². The molecule has 0 N–H and O–H groups in total. The van der Waals surface area contributed by atoms with E-state index in [0.29, 0.717) is 5.92 Å². The summed E-state index contributed by atoms with van der Waals surface area (Å²) in [5.74, 6) is 0.618. The molecule has 52 valence electrons. The smallest absolute Gasteiger partial charge is 0.0220 e. The van der Waals surface area contributed by atoms with E-state index >= 15 is 0 Å². The molecule has 0 unspecified atom stereocenters. The minimum absolute atomic E-state index is 0.618. The minimum Gasteiger partial charge on any atom is -0.0988 e. The van der Waals surface area contributed by atoms with Crippen molar-refractivity contribution >= 4 is 0 Å². The van der Waals surface area contributed by atoms with Crippen LogP contribution in [0.4, 0.5) is 0 Å². The van der Waals surface area contributed by atoms with Crippen molar-refractivity contribution < 1.29 is 0 Å². The Balaban J connectivity index is 4.34. The Morgan fingerprint density at radius 2 is 1.78 bits per heavy atom. The molecule has 0 fully saturated rings. The summed E-state index contributed by atoms with van der Waals surface area (Å²) in [6, 6.07) is 0. The molecular weight excluding hydrogens is 108 g/mol. The molecular formula is C9H16. The maximum absolute atomic E-state index is 3.75. The van der Waals surface area contributed by atoms with Crippen LogP contribution >= 0.6 is 0 Å². The molecule has 0 aromatic rings. The summed E-state index contributed by atoms with van der Waals surface area (Å²) < 4.78 is 0. The molecule has 0 amide bonds. The molecule has 0 aliphatic rings. The number of hydrogen-bond acceptors (Lipinski definition) is 0. The van der Waals surface area contributed by atoms with E-state index in [1.165, 1.54) is 11.1 Å². The molecule has 0 heterocycles. The highest BCUT2D eigenvalue weighted by Crippen LogP contribution is 2.14. The van der Waals surface area contributed by atoms with Crippen LogP contribution in [-0.4, -0.2) is 0 Å². The van der Waals surface area contributed by atoms with Gasteiger partial charge in [-0.2, -0.15) is 0 Å². The van der Waals surface area contributed by atoms with Crippen LogP contribution in [0, 0.1) is 5.92 Å². The van der Waals surface area contributed by atoms with Gasteiger partial charge in [-0.3, -0.25) is 0 Å². The van der Waals surface area contributed by atoms with Gasteiger partial charge in [-0.05, 0) is 25.3 Å². The SMILES string of the molecule is C=CC(=C(C)C)C(C)C. The van der Waals surface area contributed by atoms with Crippen molar-refractivity contribution in [2.75, 3.05) is 0 Å². The van der Waals surface area contributed by atoms with E-state index < -0.39 is 0 Å². The Morgan fingerprint density at radius 1 is 1.33 bits per heavy atom. The molecule has 0 aliphatic carbocycles. The highest BCUT2D eigenvalue weighted by Gasteiger charge is 1.98. The highest BCUT2D eigenvalue weighted by molar-refractivity contribution is 5.22. The van der Waals surface area contributed by atoms with Gasteiger partial charge in [0.15, 0.2) is 0 Å². The summed E-state index contributed by atoms with van der Waals surface area (Å²) in [6.45, 7) is 12.4. The van der Waals surface area contributed by atoms with Crippen LogP contribution in [0.5, 0.6) is 0 Å². The topological polar surface area (TPSA) is 0 Å². The summed E-state index contributed by atoms with van der Waals surface area (Å²) in [5.41, 5.74) is 2.75. The van der Waals surface area contributed by atoms with Gasteiger partial charge in [0.05, 0.1) is 0 Å². The fourth-order valence-electron chi connectivity index (χ4n) is 1.02. The normalized spacial score (nSPS) is 9.44. The number of hydrogen-bond donors (Lipinski definition) is 0. The first-order valence-electron chi connectivity index (χ1n) is 3.39. The Bertz CT molecular complexity index is 123. The van der Waals surface area contributed by atoms with Crippen molar-refractivity contribution in [1.29, 1.82) is 0 Å². The monoisotopic (exact) mass is 124 g/mol. The fourth-order valence-corrected chi connectivity index (χ4v) is 1.02. The van der Waals surface area contributed by atoms with Gasteiger partial charge in [0.25, 0.3) is 0 Å².